The molecule has 0 aliphatic heterocycles. The van der Waals surface area contributed by atoms with Crippen LogP contribution in [0.25, 0.3) is 0 Å². The molecule has 0 amide bonds. The Bertz CT molecular complexity index is 91.3. The smallest absolute Gasteiger partial charge is 0.303 e. The summed E-state index contributed by atoms with van der Waals surface area (Å²) >= 11 is 3.79. The highest BCUT2D eigenvalue weighted by Crippen LogP contribution is 1.96. The molecule has 6 heteroatoms. The number of nitrogens with two attached hydrogens (primary N) is 1. The molecule has 3 nitrogen and oxygen atoms in total. The molecule has 0 spiro atoms. The summed E-state index contributed by atoms with van der Waals surface area (Å²) in [5, 5.41) is 7.77. The molecule has 0 aromatic heterocycles. The zero-order chi connectivity index (χ0) is 6.57. The predicted octanol–water partition coefficient (Wildman–Crippen LogP) is 0.909. The van der Waals surface area contributed by atoms with Crippen molar-refractivity contribution in [1.82, 2.24) is 0 Å². The molecule has 1 atom stereocenters. The van der Waals surface area contributed by atoms with E-state index in [1.54, 1.807) is 0 Å². The molecular weight excluding hydrogens is 197 g/mol. The lowest BCUT2D eigenvalue weighted by Crippen LogP contribution is -2.13. The minimum Gasteiger partial charge on any atom is -0.481 e. The van der Waals surface area contributed by atoms with Gasteiger partial charge in [-0.2, -0.15) is 12.6 Å². The van der Waals surface area contributed by atoms with Crippen LogP contribution in [-0.2, 0) is 4.79 Å². The van der Waals surface area contributed by atoms with Gasteiger partial charge in [0.15, 0.2) is 0 Å². The van der Waals surface area contributed by atoms with E-state index in [1.807, 2.05) is 0 Å². The number of thiol groups is 1. The predicted molar refractivity (Wildman–Crippen MR) is 48.3 cm³/mol. The summed E-state index contributed by atoms with van der Waals surface area (Å²) in [5.74, 6) is -0.825. The van der Waals surface area contributed by atoms with Crippen LogP contribution in [-0.4, -0.2) is 16.4 Å². The number of rotatable bonds is 3. The van der Waals surface area contributed by atoms with Crippen LogP contribution in [0.3, 0.4) is 0 Å². The Morgan fingerprint density at radius 1 is 1.60 bits per heavy atom. The average molecular weight is 208 g/mol. The molecule has 0 fully saturated rings. The Labute approximate surface area is 77.6 Å². The van der Waals surface area contributed by atoms with Crippen LogP contribution in [0.15, 0.2) is 0 Å². The standard InChI is InChI=1S/C4H9NO2S.2ClH/c5-3(8)1-2-4(6)7;;/h3,8H,1-2,5H2,(H,6,7);2*1H. The minimum absolute atomic E-state index is 0. The van der Waals surface area contributed by atoms with Crippen LogP contribution in [0.2, 0.25) is 0 Å². The van der Waals surface area contributed by atoms with Crippen molar-refractivity contribution in [1.29, 1.82) is 0 Å². The maximum Gasteiger partial charge on any atom is 0.303 e. The fourth-order valence-corrected chi connectivity index (χ4v) is 0.400. The van der Waals surface area contributed by atoms with Gasteiger partial charge in [0.2, 0.25) is 0 Å². The Morgan fingerprint density at radius 2 is 2.00 bits per heavy atom. The molecule has 64 valence electrons. The lowest BCUT2D eigenvalue weighted by Gasteiger charge is -1.97. The third kappa shape index (κ3) is 15.8. The summed E-state index contributed by atoms with van der Waals surface area (Å²) in [5.41, 5.74) is 5.14. The van der Waals surface area contributed by atoms with E-state index in [2.05, 4.69) is 12.6 Å². The summed E-state index contributed by atoms with van der Waals surface area (Å²) in [4.78, 5) is 9.81. The Kier molecular flexibility index (Phi) is 15.7. The first-order chi connectivity index (χ1) is 3.63. The van der Waals surface area contributed by atoms with Gasteiger partial charge in [-0.1, -0.05) is 0 Å². The molecule has 10 heavy (non-hydrogen) atoms. The molecule has 0 aromatic carbocycles. The number of carboxylic acids is 1. The van der Waals surface area contributed by atoms with Crippen LogP contribution < -0.4 is 5.73 Å². The normalized spacial score (nSPS) is 10.6. The van der Waals surface area contributed by atoms with Crippen molar-refractivity contribution >= 4 is 43.4 Å². The zero-order valence-electron chi connectivity index (χ0n) is 5.19. The molecular formula is C4H11Cl2NO2S. The van der Waals surface area contributed by atoms with Crippen molar-refractivity contribution in [2.24, 2.45) is 5.73 Å². The van der Waals surface area contributed by atoms with E-state index >= 15 is 0 Å². The number of hydrogen-bond acceptors (Lipinski definition) is 3. The summed E-state index contributed by atoms with van der Waals surface area (Å²) in [6, 6.07) is 0. The SMILES string of the molecule is Cl.Cl.NC(S)CCC(=O)O. The van der Waals surface area contributed by atoms with Crippen molar-refractivity contribution < 1.29 is 9.90 Å². The molecule has 0 saturated carbocycles. The molecule has 0 bridgehead atoms. The second-order valence-electron chi connectivity index (χ2n) is 1.50. The zero-order valence-corrected chi connectivity index (χ0v) is 7.72. The van der Waals surface area contributed by atoms with Crippen molar-refractivity contribution in [3.8, 4) is 0 Å². The Balaban J connectivity index is -0.000000245. The van der Waals surface area contributed by atoms with Gasteiger partial charge in [-0.05, 0) is 6.42 Å². The maximum absolute atomic E-state index is 9.81. The van der Waals surface area contributed by atoms with Gasteiger partial charge in [0.05, 0.1) is 0 Å². The van der Waals surface area contributed by atoms with Gasteiger partial charge in [0, 0.05) is 11.8 Å². The van der Waals surface area contributed by atoms with E-state index < -0.39 is 5.97 Å². The lowest BCUT2D eigenvalue weighted by atomic mass is 10.3. The maximum atomic E-state index is 9.81. The summed E-state index contributed by atoms with van der Waals surface area (Å²) in [7, 11) is 0. The number of carboxylic acid groups (broad SMARTS) is 1. The fourth-order valence-electron chi connectivity index (χ4n) is 0.271. The van der Waals surface area contributed by atoms with Crippen molar-refractivity contribution in [3.63, 3.8) is 0 Å². The van der Waals surface area contributed by atoms with Crippen molar-refractivity contribution in [2.45, 2.75) is 18.2 Å². The van der Waals surface area contributed by atoms with Crippen LogP contribution in [0.4, 0.5) is 0 Å². The first kappa shape index (κ1) is 16.8. The van der Waals surface area contributed by atoms with Gasteiger partial charge in [0.25, 0.3) is 0 Å². The average Bonchev–Trinajstić information content (AvgIpc) is 1.61. The fraction of sp³-hybridized carbons (Fsp3) is 0.750. The van der Waals surface area contributed by atoms with Gasteiger partial charge in [-0.3, -0.25) is 4.79 Å². The van der Waals surface area contributed by atoms with Crippen molar-refractivity contribution in [2.75, 3.05) is 0 Å². The largest absolute Gasteiger partial charge is 0.481 e. The van der Waals surface area contributed by atoms with E-state index in [1.165, 1.54) is 0 Å². The van der Waals surface area contributed by atoms with Crippen LogP contribution in [0.1, 0.15) is 12.8 Å². The quantitative estimate of drug-likeness (QED) is 0.477. The monoisotopic (exact) mass is 207 g/mol. The number of halogens is 2. The molecule has 0 aromatic rings. The van der Waals surface area contributed by atoms with E-state index in [0.29, 0.717) is 6.42 Å². The molecule has 0 aliphatic carbocycles. The van der Waals surface area contributed by atoms with Crippen LogP contribution in [0, 0.1) is 0 Å². The summed E-state index contributed by atoms with van der Waals surface area (Å²) < 4.78 is 0. The third-order valence-corrected chi connectivity index (χ3v) is 0.912. The topological polar surface area (TPSA) is 63.3 Å². The van der Waals surface area contributed by atoms with Gasteiger partial charge in [-0.15, -0.1) is 24.8 Å². The first-order valence-corrected chi connectivity index (χ1v) is 2.80. The highest BCUT2D eigenvalue weighted by Gasteiger charge is 1.98. The molecule has 3 N–H and O–H groups in total. The highest BCUT2D eigenvalue weighted by molar-refractivity contribution is 7.80. The van der Waals surface area contributed by atoms with Crippen LogP contribution >= 0.6 is 37.4 Å². The lowest BCUT2D eigenvalue weighted by molar-refractivity contribution is -0.137. The van der Waals surface area contributed by atoms with E-state index in [9.17, 15) is 4.79 Å². The Morgan fingerprint density at radius 3 is 2.10 bits per heavy atom. The number of carbonyl (C=O) groups is 1. The molecule has 0 rings (SSSR count). The third-order valence-electron chi connectivity index (χ3n) is 0.654. The Hall–Kier alpha value is 0.360. The van der Waals surface area contributed by atoms with Gasteiger partial charge in [-0.25, -0.2) is 0 Å². The second-order valence-corrected chi connectivity index (χ2v) is 2.16. The minimum atomic E-state index is -0.825. The second kappa shape index (κ2) is 9.36. The molecule has 0 aliphatic rings. The van der Waals surface area contributed by atoms with E-state index in [0.717, 1.165) is 0 Å². The summed E-state index contributed by atoms with van der Waals surface area (Å²) in [6.45, 7) is 0. The van der Waals surface area contributed by atoms with E-state index in [-0.39, 0.29) is 36.6 Å². The number of aliphatic carboxylic acids is 1. The van der Waals surface area contributed by atoms with Crippen LogP contribution in [0.5, 0.6) is 0 Å². The highest BCUT2D eigenvalue weighted by atomic mass is 35.5. The molecule has 0 saturated heterocycles. The van der Waals surface area contributed by atoms with Crippen molar-refractivity contribution in [3.05, 3.63) is 0 Å². The van der Waals surface area contributed by atoms with Gasteiger partial charge >= 0.3 is 5.97 Å². The van der Waals surface area contributed by atoms with Gasteiger partial charge in [0.1, 0.15) is 0 Å². The molecule has 0 heterocycles. The summed E-state index contributed by atoms with van der Waals surface area (Å²) in [6.07, 6.45) is 0.531. The molecule has 0 radical (unpaired) electrons. The first-order valence-electron chi connectivity index (χ1n) is 2.28. The number of hydrogen-bond donors (Lipinski definition) is 3. The van der Waals surface area contributed by atoms with E-state index in [4.69, 9.17) is 10.8 Å². The van der Waals surface area contributed by atoms with Gasteiger partial charge < -0.3 is 10.8 Å². The molecule has 1 unspecified atom stereocenters.